The maximum absolute atomic E-state index is 12.2. The van der Waals surface area contributed by atoms with Crippen molar-refractivity contribution in [3.05, 3.63) is 29.7 Å². The first-order valence-corrected chi connectivity index (χ1v) is 8.81. The Hall–Kier alpha value is -1.91. The lowest BCUT2D eigenvalue weighted by Crippen LogP contribution is -2.26. The Kier molecular flexibility index (Phi) is 7.57. The summed E-state index contributed by atoms with van der Waals surface area (Å²) >= 11 is 0. The second kappa shape index (κ2) is 9.98. The van der Waals surface area contributed by atoms with Crippen molar-refractivity contribution in [2.45, 2.75) is 58.3 Å². The topological polar surface area (TPSA) is 66.9 Å². The van der Waals surface area contributed by atoms with E-state index in [9.17, 15) is 4.79 Å². The standard InChI is InChI=1S/C18H28N4O/c1-2-3-7-11-19-17-13-16(21-14-22-17)18(23)20-12-10-15-8-5-4-6-9-15/h8,13-14H,2-7,9-12H2,1H3,(H,20,23)(H,19,21,22). The summed E-state index contributed by atoms with van der Waals surface area (Å²) in [5.74, 6) is 0.594. The Morgan fingerprint density at radius 3 is 2.91 bits per heavy atom. The molecule has 0 unspecified atom stereocenters. The maximum Gasteiger partial charge on any atom is 0.270 e. The van der Waals surface area contributed by atoms with E-state index in [4.69, 9.17) is 0 Å². The van der Waals surface area contributed by atoms with Crippen molar-refractivity contribution in [3.8, 4) is 0 Å². The highest BCUT2D eigenvalue weighted by atomic mass is 16.1. The Bertz CT molecular complexity index is 528. The molecule has 1 aliphatic carbocycles. The minimum atomic E-state index is -0.125. The number of carbonyl (C=O) groups is 1. The molecule has 1 aliphatic rings. The SMILES string of the molecule is CCCCCNc1cc(C(=O)NCCC2=CCCCC2)ncn1. The van der Waals surface area contributed by atoms with Gasteiger partial charge in [0.1, 0.15) is 17.8 Å². The molecule has 0 spiro atoms. The Labute approximate surface area is 139 Å². The normalized spacial score (nSPS) is 14.2. The van der Waals surface area contributed by atoms with Crippen LogP contribution < -0.4 is 10.6 Å². The molecule has 1 aromatic heterocycles. The molecular formula is C18H28N4O. The molecule has 1 aromatic rings. The van der Waals surface area contributed by atoms with E-state index in [-0.39, 0.29) is 5.91 Å². The van der Waals surface area contributed by atoms with E-state index >= 15 is 0 Å². The van der Waals surface area contributed by atoms with Gasteiger partial charge in [0.05, 0.1) is 0 Å². The van der Waals surface area contributed by atoms with E-state index in [1.54, 1.807) is 6.07 Å². The van der Waals surface area contributed by atoms with Crippen LogP contribution in [0, 0.1) is 0 Å². The molecule has 2 rings (SSSR count). The zero-order chi connectivity index (χ0) is 16.3. The van der Waals surface area contributed by atoms with Crippen LogP contribution in [0.2, 0.25) is 0 Å². The Morgan fingerprint density at radius 1 is 1.22 bits per heavy atom. The first kappa shape index (κ1) is 17.4. The van der Waals surface area contributed by atoms with Gasteiger partial charge < -0.3 is 10.6 Å². The van der Waals surface area contributed by atoms with Gasteiger partial charge in [0.25, 0.3) is 5.91 Å². The van der Waals surface area contributed by atoms with E-state index in [0.717, 1.165) is 25.2 Å². The van der Waals surface area contributed by atoms with Gasteiger partial charge in [0.15, 0.2) is 0 Å². The molecule has 0 saturated carbocycles. The van der Waals surface area contributed by atoms with Crippen LogP contribution in [0.3, 0.4) is 0 Å². The van der Waals surface area contributed by atoms with E-state index in [0.29, 0.717) is 12.2 Å². The molecule has 0 fully saturated rings. The van der Waals surface area contributed by atoms with Crippen LogP contribution in [0.25, 0.3) is 0 Å². The van der Waals surface area contributed by atoms with Crippen LogP contribution in [-0.2, 0) is 0 Å². The van der Waals surface area contributed by atoms with Gasteiger partial charge in [0, 0.05) is 19.2 Å². The number of allylic oxidation sites excluding steroid dienone is 1. The summed E-state index contributed by atoms with van der Waals surface area (Å²) in [4.78, 5) is 20.4. The Balaban J connectivity index is 1.76. The first-order chi connectivity index (χ1) is 11.3. The number of rotatable bonds is 9. The molecule has 0 atom stereocenters. The molecule has 1 amide bonds. The number of nitrogens with zero attached hydrogens (tertiary/aromatic N) is 2. The highest BCUT2D eigenvalue weighted by Crippen LogP contribution is 2.19. The molecule has 0 bridgehead atoms. The molecule has 0 aliphatic heterocycles. The van der Waals surface area contributed by atoms with Gasteiger partial charge in [-0.05, 0) is 38.5 Å². The maximum atomic E-state index is 12.2. The van der Waals surface area contributed by atoms with Gasteiger partial charge in [-0.2, -0.15) is 0 Å². The van der Waals surface area contributed by atoms with Crippen molar-refractivity contribution >= 4 is 11.7 Å². The smallest absolute Gasteiger partial charge is 0.270 e. The van der Waals surface area contributed by atoms with Gasteiger partial charge in [-0.3, -0.25) is 4.79 Å². The number of anilines is 1. The van der Waals surface area contributed by atoms with Crippen molar-refractivity contribution < 1.29 is 4.79 Å². The molecule has 5 heteroatoms. The van der Waals surface area contributed by atoms with Crippen LogP contribution in [0.4, 0.5) is 5.82 Å². The number of amides is 1. The van der Waals surface area contributed by atoms with Gasteiger partial charge in [-0.15, -0.1) is 0 Å². The zero-order valence-corrected chi connectivity index (χ0v) is 14.1. The van der Waals surface area contributed by atoms with Crippen molar-refractivity contribution in [1.29, 1.82) is 0 Å². The summed E-state index contributed by atoms with van der Waals surface area (Å²) in [6, 6.07) is 1.72. The molecule has 0 aromatic carbocycles. The first-order valence-electron chi connectivity index (χ1n) is 8.81. The summed E-state index contributed by atoms with van der Waals surface area (Å²) in [6.45, 7) is 3.73. The van der Waals surface area contributed by atoms with E-state index < -0.39 is 0 Å². The fourth-order valence-electron chi connectivity index (χ4n) is 2.73. The zero-order valence-electron chi connectivity index (χ0n) is 14.1. The molecule has 0 radical (unpaired) electrons. The fourth-order valence-corrected chi connectivity index (χ4v) is 2.73. The lowest BCUT2D eigenvalue weighted by molar-refractivity contribution is 0.0949. The Morgan fingerprint density at radius 2 is 2.13 bits per heavy atom. The minimum Gasteiger partial charge on any atom is -0.370 e. The summed E-state index contributed by atoms with van der Waals surface area (Å²) in [5, 5.41) is 6.19. The molecule has 2 N–H and O–H groups in total. The highest BCUT2D eigenvalue weighted by molar-refractivity contribution is 5.92. The summed E-state index contributed by atoms with van der Waals surface area (Å²) in [5.41, 5.74) is 1.90. The van der Waals surface area contributed by atoms with Crippen LogP contribution in [0.5, 0.6) is 0 Å². The highest BCUT2D eigenvalue weighted by Gasteiger charge is 2.09. The van der Waals surface area contributed by atoms with E-state index in [1.165, 1.54) is 50.4 Å². The second-order valence-electron chi connectivity index (χ2n) is 6.04. The third kappa shape index (κ3) is 6.38. The van der Waals surface area contributed by atoms with E-state index in [2.05, 4.69) is 33.6 Å². The van der Waals surface area contributed by atoms with Gasteiger partial charge in [0.2, 0.25) is 0 Å². The fraction of sp³-hybridized carbons (Fsp3) is 0.611. The summed E-state index contributed by atoms with van der Waals surface area (Å²) in [7, 11) is 0. The monoisotopic (exact) mass is 316 g/mol. The average Bonchev–Trinajstić information content (AvgIpc) is 2.60. The van der Waals surface area contributed by atoms with Crippen molar-refractivity contribution in [2.75, 3.05) is 18.4 Å². The van der Waals surface area contributed by atoms with Gasteiger partial charge in [-0.25, -0.2) is 9.97 Å². The average molecular weight is 316 g/mol. The number of carbonyl (C=O) groups excluding carboxylic acids is 1. The molecule has 5 nitrogen and oxygen atoms in total. The third-order valence-corrected chi connectivity index (χ3v) is 4.10. The molecule has 0 saturated heterocycles. The summed E-state index contributed by atoms with van der Waals surface area (Å²) in [6.07, 6.45) is 13.1. The largest absolute Gasteiger partial charge is 0.370 e. The second-order valence-corrected chi connectivity index (χ2v) is 6.04. The lowest BCUT2D eigenvalue weighted by Gasteiger charge is -2.13. The number of unbranched alkanes of at least 4 members (excludes halogenated alkanes) is 2. The van der Waals surface area contributed by atoms with Crippen LogP contribution in [0.15, 0.2) is 24.0 Å². The predicted octanol–water partition coefficient (Wildman–Crippen LogP) is 3.70. The van der Waals surface area contributed by atoms with Crippen LogP contribution in [0.1, 0.15) is 68.8 Å². The quantitative estimate of drug-likeness (QED) is 0.538. The number of hydrogen-bond acceptors (Lipinski definition) is 4. The van der Waals surface area contributed by atoms with Crippen LogP contribution >= 0.6 is 0 Å². The molecule has 23 heavy (non-hydrogen) atoms. The molecule has 1 heterocycles. The minimum absolute atomic E-state index is 0.125. The van der Waals surface area contributed by atoms with Crippen LogP contribution in [-0.4, -0.2) is 29.0 Å². The van der Waals surface area contributed by atoms with Crippen molar-refractivity contribution in [3.63, 3.8) is 0 Å². The van der Waals surface area contributed by atoms with Gasteiger partial charge >= 0.3 is 0 Å². The van der Waals surface area contributed by atoms with E-state index in [1.807, 2.05) is 0 Å². The number of hydrogen-bond donors (Lipinski definition) is 2. The number of nitrogens with one attached hydrogen (secondary N) is 2. The molecular weight excluding hydrogens is 288 g/mol. The van der Waals surface area contributed by atoms with Gasteiger partial charge in [-0.1, -0.05) is 31.4 Å². The molecule has 126 valence electrons. The number of aromatic nitrogens is 2. The third-order valence-electron chi connectivity index (χ3n) is 4.10. The summed E-state index contributed by atoms with van der Waals surface area (Å²) < 4.78 is 0. The lowest BCUT2D eigenvalue weighted by atomic mass is 9.97. The predicted molar refractivity (Wildman–Crippen MR) is 93.5 cm³/mol. The van der Waals surface area contributed by atoms with Crippen molar-refractivity contribution in [1.82, 2.24) is 15.3 Å². The van der Waals surface area contributed by atoms with Crippen molar-refractivity contribution in [2.24, 2.45) is 0 Å².